The molecule has 0 saturated heterocycles. The average molecular weight is 354 g/mol. The van der Waals surface area contributed by atoms with Gasteiger partial charge in [0.2, 0.25) is 0 Å². The van der Waals surface area contributed by atoms with Gasteiger partial charge in [-0.25, -0.2) is 0 Å². The Balaban J connectivity index is 2.53. The first-order chi connectivity index (χ1) is 11.5. The number of fused-ring (bicyclic) bond motifs is 1. The van der Waals surface area contributed by atoms with Gasteiger partial charge < -0.3 is 0 Å². The maximum Gasteiger partial charge on any atom is 0.275 e. The molecule has 0 aliphatic carbocycles. The minimum Gasteiger partial charge on any atom is -0.276 e. The van der Waals surface area contributed by atoms with Crippen molar-refractivity contribution in [1.29, 1.82) is 10.5 Å². The second kappa shape index (κ2) is 6.02. The van der Waals surface area contributed by atoms with Crippen LogP contribution in [0.2, 0.25) is 10.0 Å². The quantitative estimate of drug-likeness (QED) is 0.652. The van der Waals surface area contributed by atoms with Gasteiger partial charge in [-0.2, -0.15) is 10.5 Å². The highest BCUT2D eigenvalue weighted by Crippen LogP contribution is 2.29. The molecule has 0 amide bonds. The summed E-state index contributed by atoms with van der Waals surface area (Å²) in [5.74, 6) is 0. The summed E-state index contributed by atoms with van der Waals surface area (Å²) in [5, 5.41) is 19.6. The van der Waals surface area contributed by atoms with Gasteiger partial charge in [0.15, 0.2) is 0 Å². The molecule has 0 aliphatic rings. The zero-order chi connectivity index (χ0) is 17.4. The van der Waals surface area contributed by atoms with E-state index >= 15 is 0 Å². The van der Waals surface area contributed by atoms with Crippen molar-refractivity contribution in [2.75, 3.05) is 0 Å². The highest BCUT2D eigenvalue weighted by Gasteiger charge is 2.17. The van der Waals surface area contributed by atoms with Crippen LogP contribution in [0, 0.1) is 29.6 Å². The van der Waals surface area contributed by atoms with E-state index in [2.05, 4.69) is 6.07 Å². The van der Waals surface area contributed by atoms with E-state index in [9.17, 15) is 15.3 Å². The lowest BCUT2D eigenvalue weighted by atomic mass is 10.1. The fourth-order valence-corrected chi connectivity index (χ4v) is 3.00. The highest BCUT2D eigenvalue weighted by molar-refractivity contribution is 6.37. The van der Waals surface area contributed by atoms with Crippen LogP contribution in [-0.4, -0.2) is 4.57 Å². The van der Waals surface area contributed by atoms with E-state index in [4.69, 9.17) is 23.2 Å². The molecular weight excluding hydrogens is 345 g/mol. The van der Waals surface area contributed by atoms with E-state index < -0.39 is 5.56 Å². The van der Waals surface area contributed by atoms with E-state index in [1.165, 1.54) is 4.57 Å². The minimum atomic E-state index is -0.551. The predicted molar refractivity (Wildman–Crippen MR) is 93.7 cm³/mol. The van der Waals surface area contributed by atoms with Crippen LogP contribution in [0.4, 0.5) is 0 Å². The van der Waals surface area contributed by atoms with Crippen molar-refractivity contribution >= 4 is 34.1 Å². The second-order valence-electron chi connectivity index (χ2n) is 5.21. The maximum atomic E-state index is 12.8. The summed E-state index contributed by atoms with van der Waals surface area (Å²) in [6.07, 6.45) is 0. The predicted octanol–water partition coefficient (Wildman–Crippen LogP) is 4.35. The Kier molecular flexibility index (Phi) is 4.03. The lowest BCUT2D eigenvalue weighted by molar-refractivity contribution is 1.03. The van der Waals surface area contributed by atoms with Crippen LogP contribution in [0.5, 0.6) is 0 Å². The summed E-state index contributed by atoms with van der Waals surface area (Å²) in [4.78, 5) is 12.8. The molecule has 0 radical (unpaired) electrons. The van der Waals surface area contributed by atoms with Gasteiger partial charge >= 0.3 is 0 Å². The van der Waals surface area contributed by atoms with Crippen molar-refractivity contribution in [3.8, 4) is 17.8 Å². The summed E-state index contributed by atoms with van der Waals surface area (Å²) >= 11 is 12.3. The summed E-state index contributed by atoms with van der Waals surface area (Å²) in [6, 6.07) is 13.9. The van der Waals surface area contributed by atoms with Crippen LogP contribution in [-0.2, 0) is 0 Å². The molecule has 0 fully saturated rings. The monoisotopic (exact) mass is 353 g/mol. The Morgan fingerprint density at radius 1 is 1.04 bits per heavy atom. The van der Waals surface area contributed by atoms with Gasteiger partial charge in [0.25, 0.3) is 5.56 Å². The van der Waals surface area contributed by atoms with E-state index in [1.807, 2.05) is 13.0 Å². The Morgan fingerprint density at radius 2 is 1.79 bits per heavy atom. The Labute approximate surface area is 147 Å². The first kappa shape index (κ1) is 16.1. The van der Waals surface area contributed by atoms with Gasteiger partial charge in [-0.3, -0.25) is 9.36 Å². The Morgan fingerprint density at radius 3 is 2.46 bits per heavy atom. The molecule has 2 aromatic carbocycles. The number of hydrogen-bond donors (Lipinski definition) is 0. The number of nitriles is 2. The van der Waals surface area contributed by atoms with Crippen molar-refractivity contribution in [3.05, 3.63) is 73.5 Å². The Bertz CT molecular complexity index is 1130. The van der Waals surface area contributed by atoms with E-state index in [-0.39, 0.29) is 10.6 Å². The molecule has 0 unspecified atom stereocenters. The van der Waals surface area contributed by atoms with Crippen molar-refractivity contribution in [2.24, 2.45) is 0 Å². The van der Waals surface area contributed by atoms with Crippen molar-refractivity contribution in [1.82, 2.24) is 4.57 Å². The van der Waals surface area contributed by atoms with E-state index in [0.717, 1.165) is 5.56 Å². The highest BCUT2D eigenvalue weighted by atomic mass is 35.5. The summed E-state index contributed by atoms with van der Waals surface area (Å²) in [6.45, 7) is 1.81. The fourth-order valence-electron chi connectivity index (χ4n) is 2.55. The fraction of sp³-hybridized carbons (Fsp3) is 0.0556. The van der Waals surface area contributed by atoms with Crippen LogP contribution >= 0.6 is 23.2 Å². The first-order valence-electron chi connectivity index (χ1n) is 6.93. The smallest absolute Gasteiger partial charge is 0.275 e. The molecule has 0 saturated carbocycles. The Hall–Kier alpha value is -2.79. The molecule has 0 aliphatic heterocycles. The third kappa shape index (κ3) is 2.43. The van der Waals surface area contributed by atoms with Gasteiger partial charge in [-0.15, -0.1) is 0 Å². The average Bonchev–Trinajstić information content (AvgIpc) is 2.56. The molecular formula is C18H9Cl2N3O. The molecule has 0 bridgehead atoms. The molecule has 3 rings (SSSR count). The van der Waals surface area contributed by atoms with Crippen LogP contribution in [0.15, 0.2) is 41.2 Å². The number of rotatable bonds is 1. The third-order valence-corrected chi connectivity index (χ3v) is 4.41. The molecule has 1 aromatic heterocycles. The number of pyridine rings is 1. The largest absolute Gasteiger partial charge is 0.276 e. The van der Waals surface area contributed by atoms with Crippen LogP contribution in [0.3, 0.4) is 0 Å². The van der Waals surface area contributed by atoms with Crippen LogP contribution in [0.1, 0.15) is 16.7 Å². The standard InChI is InChI=1S/C18H9Cl2N3O/c1-10-2-4-13(6-11(10)8-21)23-16-7-12(19)3-5-14(16)17(20)15(9-22)18(23)24/h2-7H,1H3. The normalized spacial score (nSPS) is 10.4. The number of hydrogen-bond acceptors (Lipinski definition) is 3. The molecule has 0 atom stereocenters. The van der Waals surface area contributed by atoms with E-state index in [1.54, 1.807) is 36.4 Å². The molecule has 116 valence electrons. The zero-order valence-corrected chi connectivity index (χ0v) is 14.0. The van der Waals surface area contributed by atoms with Crippen molar-refractivity contribution in [3.63, 3.8) is 0 Å². The topological polar surface area (TPSA) is 69.6 Å². The number of benzene rings is 2. The van der Waals surface area contributed by atoms with Gasteiger partial charge in [0.1, 0.15) is 11.6 Å². The number of nitrogens with zero attached hydrogens (tertiary/aromatic N) is 3. The molecule has 0 N–H and O–H groups in total. The van der Waals surface area contributed by atoms with Gasteiger partial charge in [-0.05, 0) is 42.8 Å². The molecule has 24 heavy (non-hydrogen) atoms. The molecule has 6 heteroatoms. The molecule has 0 spiro atoms. The minimum absolute atomic E-state index is 0.0954. The van der Waals surface area contributed by atoms with Gasteiger partial charge in [-0.1, -0.05) is 29.3 Å². The molecule has 1 heterocycles. The first-order valence-corrected chi connectivity index (χ1v) is 7.68. The summed E-state index contributed by atoms with van der Waals surface area (Å²) in [7, 11) is 0. The van der Waals surface area contributed by atoms with Crippen molar-refractivity contribution < 1.29 is 0 Å². The zero-order valence-electron chi connectivity index (χ0n) is 12.5. The second-order valence-corrected chi connectivity index (χ2v) is 6.03. The van der Waals surface area contributed by atoms with Crippen LogP contribution < -0.4 is 5.56 Å². The third-order valence-electron chi connectivity index (χ3n) is 3.79. The van der Waals surface area contributed by atoms with Gasteiger partial charge in [0.05, 0.1) is 27.9 Å². The maximum absolute atomic E-state index is 12.8. The number of halogens is 2. The molecule has 4 nitrogen and oxygen atoms in total. The lowest BCUT2D eigenvalue weighted by Crippen LogP contribution is -2.22. The SMILES string of the molecule is Cc1ccc(-n2c(=O)c(C#N)c(Cl)c3ccc(Cl)cc32)cc1C#N. The molecule has 3 aromatic rings. The lowest BCUT2D eigenvalue weighted by Gasteiger charge is -2.14. The van der Waals surface area contributed by atoms with E-state index in [0.29, 0.717) is 27.2 Å². The van der Waals surface area contributed by atoms with Gasteiger partial charge in [0, 0.05) is 10.4 Å². The van der Waals surface area contributed by atoms with Crippen LogP contribution in [0.25, 0.3) is 16.6 Å². The van der Waals surface area contributed by atoms with Crippen molar-refractivity contribution in [2.45, 2.75) is 6.92 Å². The number of aromatic nitrogens is 1. The summed E-state index contributed by atoms with van der Waals surface area (Å²) < 4.78 is 1.35. The number of aryl methyl sites for hydroxylation is 1. The summed E-state index contributed by atoms with van der Waals surface area (Å²) in [5.41, 5.74) is 1.50.